The summed E-state index contributed by atoms with van der Waals surface area (Å²) in [6.45, 7) is 16.0. The zero-order valence-electron chi connectivity index (χ0n) is 13.2. The van der Waals surface area contributed by atoms with E-state index in [4.69, 9.17) is 0 Å². The molecule has 0 radical (unpaired) electrons. The van der Waals surface area contributed by atoms with E-state index in [0.717, 1.165) is 17.9 Å². The van der Waals surface area contributed by atoms with Crippen molar-refractivity contribution < 1.29 is 0 Å². The van der Waals surface area contributed by atoms with Crippen molar-refractivity contribution in [2.45, 2.75) is 46.1 Å². The van der Waals surface area contributed by atoms with Gasteiger partial charge in [0.05, 0.1) is 0 Å². The maximum absolute atomic E-state index is 3.58. The van der Waals surface area contributed by atoms with Gasteiger partial charge in [-0.25, -0.2) is 0 Å². The van der Waals surface area contributed by atoms with Gasteiger partial charge in [-0.05, 0) is 71.1 Å². The summed E-state index contributed by atoms with van der Waals surface area (Å²) in [4.78, 5) is 5.35. The molecular weight excluding hydrogens is 234 g/mol. The van der Waals surface area contributed by atoms with E-state index in [0.29, 0.717) is 0 Å². The molecule has 2 aliphatic heterocycles. The molecule has 3 heteroatoms. The Morgan fingerprint density at radius 3 is 2.58 bits per heavy atom. The lowest BCUT2D eigenvalue weighted by Gasteiger charge is -2.23. The summed E-state index contributed by atoms with van der Waals surface area (Å²) in [5, 5.41) is 3.58. The van der Waals surface area contributed by atoms with E-state index in [1.165, 1.54) is 65.1 Å². The van der Waals surface area contributed by atoms with E-state index >= 15 is 0 Å². The van der Waals surface area contributed by atoms with Crippen LogP contribution >= 0.6 is 0 Å². The first kappa shape index (κ1) is 15.3. The second-order valence-corrected chi connectivity index (χ2v) is 6.86. The molecule has 0 saturated carbocycles. The summed E-state index contributed by atoms with van der Waals surface area (Å²) >= 11 is 0. The molecule has 0 aromatic heterocycles. The zero-order valence-corrected chi connectivity index (χ0v) is 13.2. The second kappa shape index (κ2) is 7.61. The van der Waals surface area contributed by atoms with E-state index in [1.807, 2.05) is 0 Å². The van der Waals surface area contributed by atoms with Crippen molar-refractivity contribution in [3.63, 3.8) is 0 Å². The van der Waals surface area contributed by atoms with Gasteiger partial charge in [-0.15, -0.1) is 0 Å². The summed E-state index contributed by atoms with van der Waals surface area (Å²) in [7, 11) is 0. The minimum Gasteiger partial charge on any atom is -0.316 e. The third kappa shape index (κ3) is 4.73. The smallest absolute Gasteiger partial charge is 0.00387 e. The number of nitrogens with zero attached hydrogens (tertiary/aromatic N) is 2. The van der Waals surface area contributed by atoms with Crippen molar-refractivity contribution in [3.8, 4) is 0 Å². The maximum Gasteiger partial charge on any atom is 0.00387 e. The largest absolute Gasteiger partial charge is 0.316 e. The molecule has 112 valence electrons. The van der Waals surface area contributed by atoms with Crippen LogP contribution in [0.5, 0.6) is 0 Å². The molecule has 1 N–H and O–H groups in total. The Hall–Kier alpha value is -0.120. The van der Waals surface area contributed by atoms with Crippen molar-refractivity contribution in [2.75, 3.05) is 45.8 Å². The minimum atomic E-state index is 0.731. The Balaban J connectivity index is 1.63. The lowest BCUT2D eigenvalue weighted by molar-refractivity contribution is 0.235. The molecule has 2 saturated heterocycles. The van der Waals surface area contributed by atoms with Crippen LogP contribution in [0, 0.1) is 11.8 Å². The lowest BCUT2D eigenvalue weighted by atomic mass is 10.1. The van der Waals surface area contributed by atoms with Crippen LogP contribution in [0.2, 0.25) is 0 Å². The highest BCUT2D eigenvalue weighted by molar-refractivity contribution is 4.84. The van der Waals surface area contributed by atoms with E-state index in [2.05, 4.69) is 35.9 Å². The highest BCUT2D eigenvalue weighted by Crippen LogP contribution is 2.23. The van der Waals surface area contributed by atoms with Crippen LogP contribution in [0.3, 0.4) is 0 Å². The molecule has 0 amide bonds. The number of hydrogen-bond acceptors (Lipinski definition) is 3. The molecule has 0 aliphatic carbocycles. The first-order valence-corrected chi connectivity index (χ1v) is 8.36. The van der Waals surface area contributed by atoms with E-state index in [9.17, 15) is 0 Å². The van der Waals surface area contributed by atoms with Gasteiger partial charge in [0.15, 0.2) is 0 Å². The summed E-state index contributed by atoms with van der Waals surface area (Å²) in [6.07, 6.45) is 4.06. The number of nitrogens with one attached hydrogen (secondary N) is 1. The Kier molecular flexibility index (Phi) is 6.11. The van der Waals surface area contributed by atoms with Gasteiger partial charge in [0, 0.05) is 25.7 Å². The third-order valence-electron chi connectivity index (χ3n) is 4.79. The fourth-order valence-electron chi connectivity index (χ4n) is 3.57. The van der Waals surface area contributed by atoms with Crippen LogP contribution in [-0.4, -0.2) is 61.7 Å². The highest BCUT2D eigenvalue weighted by atomic mass is 15.2. The van der Waals surface area contributed by atoms with Gasteiger partial charge in [-0.3, -0.25) is 0 Å². The average molecular weight is 267 g/mol. The van der Waals surface area contributed by atoms with Crippen molar-refractivity contribution >= 4 is 0 Å². The molecule has 3 nitrogen and oxygen atoms in total. The SMILES string of the molecule is CCCNCC1CCN(CC2CCN(C(C)C)C2)C1. The summed E-state index contributed by atoms with van der Waals surface area (Å²) in [5.41, 5.74) is 0. The first-order valence-electron chi connectivity index (χ1n) is 8.36. The lowest BCUT2D eigenvalue weighted by Crippen LogP contribution is -2.33. The van der Waals surface area contributed by atoms with Crippen LogP contribution in [-0.2, 0) is 0 Å². The Labute approximate surface area is 119 Å². The molecule has 0 spiro atoms. The topological polar surface area (TPSA) is 18.5 Å². The molecule has 2 fully saturated rings. The quantitative estimate of drug-likeness (QED) is 0.712. The molecule has 0 aromatic carbocycles. The van der Waals surface area contributed by atoms with Crippen LogP contribution in [0.4, 0.5) is 0 Å². The van der Waals surface area contributed by atoms with Crippen LogP contribution < -0.4 is 5.32 Å². The fourth-order valence-corrected chi connectivity index (χ4v) is 3.57. The Bertz CT molecular complexity index is 254. The number of rotatable bonds is 7. The van der Waals surface area contributed by atoms with Gasteiger partial charge >= 0.3 is 0 Å². The third-order valence-corrected chi connectivity index (χ3v) is 4.79. The van der Waals surface area contributed by atoms with Crippen LogP contribution in [0.15, 0.2) is 0 Å². The van der Waals surface area contributed by atoms with E-state index in [-0.39, 0.29) is 0 Å². The normalized spacial score (nSPS) is 29.7. The Morgan fingerprint density at radius 1 is 1.11 bits per heavy atom. The van der Waals surface area contributed by atoms with E-state index < -0.39 is 0 Å². The van der Waals surface area contributed by atoms with Gasteiger partial charge < -0.3 is 15.1 Å². The summed E-state index contributed by atoms with van der Waals surface area (Å²) in [6, 6.07) is 0.731. The molecule has 2 rings (SSSR count). The van der Waals surface area contributed by atoms with Crippen molar-refractivity contribution in [1.29, 1.82) is 0 Å². The molecule has 2 heterocycles. The van der Waals surface area contributed by atoms with Crippen LogP contribution in [0.25, 0.3) is 0 Å². The Morgan fingerprint density at radius 2 is 1.89 bits per heavy atom. The van der Waals surface area contributed by atoms with Crippen molar-refractivity contribution in [1.82, 2.24) is 15.1 Å². The molecular formula is C16H33N3. The van der Waals surface area contributed by atoms with Gasteiger partial charge in [0.1, 0.15) is 0 Å². The zero-order chi connectivity index (χ0) is 13.7. The average Bonchev–Trinajstić information content (AvgIpc) is 3.00. The molecule has 2 aliphatic rings. The van der Waals surface area contributed by atoms with E-state index in [1.54, 1.807) is 0 Å². The van der Waals surface area contributed by atoms with Gasteiger partial charge in [0.25, 0.3) is 0 Å². The highest BCUT2D eigenvalue weighted by Gasteiger charge is 2.29. The first-order chi connectivity index (χ1) is 9.19. The maximum atomic E-state index is 3.58. The second-order valence-electron chi connectivity index (χ2n) is 6.86. The summed E-state index contributed by atoms with van der Waals surface area (Å²) < 4.78 is 0. The molecule has 2 atom stereocenters. The van der Waals surface area contributed by atoms with Crippen LogP contribution in [0.1, 0.15) is 40.0 Å². The minimum absolute atomic E-state index is 0.731. The standard InChI is InChI=1S/C16H33N3/c1-4-7-17-10-15-5-8-18(11-15)12-16-6-9-19(13-16)14(2)3/h14-17H,4-13H2,1-3H3. The number of hydrogen-bond donors (Lipinski definition) is 1. The van der Waals surface area contributed by atoms with Gasteiger partial charge in [0.2, 0.25) is 0 Å². The van der Waals surface area contributed by atoms with Gasteiger partial charge in [-0.2, -0.15) is 0 Å². The summed E-state index contributed by atoms with van der Waals surface area (Å²) in [5.74, 6) is 1.82. The van der Waals surface area contributed by atoms with Crippen molar-refractivity contribution in [3.05, 3.63) is 0 Å². The predicted octanol–water partition coefficient (Wildman–Crippen LogP) is 2.04. The molecule has 19 heavy (non-hydrogen) atoms. The molecule has 0 bridgehead atoms. The van der Waals surface area contributed by atoms with Gasteiger partial charge in [-0.1, -0.05) is 6.92 Å². The molecule has 2 unspecified atom stereocenters. The fraction of sp³-hybridized carbons (Fsp3) is 1.00. The van der Waals surface area contributed by atoms with Crippen molar-refractivity contribution in [2.24, 2.45) is 11.8 Å². The predicted molar refractivity (Wildman–Crippen MR) is 82.5 cm³/mol. The number of likely N-dealkylation sites (tertiary alicyclic amines) is 2. The molecule has 0 aromatic rings. The monoisotopic (exact) mass is 267 g/mol.